The summed E-state index contributed by atoms with van der Waals surface area (Å²) in [6.45, 7) is 1.43. The molecule has 1 aromatic heterocycles. The number of nitrogens with zero attached hydrogens (tertiary/aromatic N) is 2. The van der Waals surface area contributed by atoms with Gasteiger partial charge in [0.15, 0.2) is 0 Å². The van der Waals surface area contributed by atoms with Crippen molar-refractivity contribution in [1.29, 1.82) is 0 Å². The van der Waals surface area contributed by atoms with Gasteiger partial charge in [0, 0.05) is 12.5 Å². The third kappa shape index (κ3) is 1.97. The molecule has 0 amide bonds. The highest BCUT2D eigenvalue weighted by molar-refractivity contribution is 5.46. The van der Waals surface area contributed by atoms with Crippen molar-refractivity contribution >= 4 is 5.69 Å². The highest BCUT2D eigenvalue weighted by Gasteiger charge is 2.23. The van der Waals surface area contributed by atoms with Gasteiger partial charge in [-0.1, -0.05) is 0 Å². The summed E-state index contributed by atoms with van der Waals surface area (Å²) < 4.78 is 19.9. The van der Waals surface area contributed by atoms with Crippen LogP contribution in [0.4, 0.5) is 10.1 Å². The highest BCUT2D eigenvalue weighted by Crippen LogP contribution is 2.28. The molecule has 2 aromatic rings. The quantitative estimate of drug-likeness (QED) is 0.884. The fourth-order valence-electron chi connectivity index (χ4n) is 2.19. The second-order valence-electron chi connectivity index (χ2n) is 4.45. The van der Waals surface area contributed by atoms with Gasteiger partial charge in [0.25, 0.3) is 0 Å². The zero-order valence-electron chi connectivity index (χ0n) is 9.84. The Kier molecular flexibility index (Phi) is 2.76. The van der Waals surface area contributed by atoms with Gasteiger partial charge in [-0.15, -0.1) is 0 Å². The van der Waals surface area contributed by atoms with Crippen molar-refractivity contribution in [2.45, 2.75) is 12.3 Å². The molecule has 1 aromatic carbocycles. The minimum Gasteiger partial charge on any atom is -0.396 e. The van der Waals surface area contributed by atoms with Crippen LogP contribution >= 0.6 is 0 Å². The van der Waals surface area contributed by atoms with Crippen molar-refractivity contribution in [2.24, 2.45) is 0 Å². The van der Waals surface area contributed by atoms with Crippen molar-refractivity contribution < 1.29 is 9.13 Å². The Labute approximate surface area is 104 Å². The summed E-state index contributed by atoms with van der Waals surface area (Å²) in [5, 5.41) is 4.48. The predicted molar refractivity (Wildman–Crippen MR) is 66.1 cm³/mol. The van der Waals surface area contributed by atoms with E-state index in [4.69, 9.17) is 10.5 Å². The standard InChI is InChI=1S/C13H14FN3O/c14-10-1-3-11(4-2-10)17-7-12(15)13(16-17)9-5-6-18-8-9/h1-4,7,9H,5-6,8,15H2. The summed E-state index contributed by atoms with van der Waals surface area (Å²) in [4.78, 5) is 0. The molecule has 1 aliphatic heterocycles. The summed E-state index contributed by atoms with van der Waals surface area (Å²) in [5.74, 6) is 0.00925. The molecule has 0 spiro atoms. The van der Waals surface area contributed by atoms with Crippen LogP contribution in [0.3, 0.4) is 0 Å². The van der Waals surface area contributed by atoms with Gasteiger partial charge in [-0.05, 0) is 30.7 Å². The molecule has 5 heteroatoms. The molecule has 1 fully saturated rings. The van der Waals surface area contributed by atoms with Gasteiger partial charge in [-0.3, -0.25) is 0 Å². The molecular weight excluding hydrogens is 233 g/mol. The first-order chi connectivity index (χ1) is 8.74. The van der Waals surface area contributed by atoms with Gasteiger partial charge < -0.3 is 10.5 Å². The van der Waals surface area contributed by atoms with Gasteiger partial charge in [0.2, 0.25) is 0 Å². The van der Waals surface area contributed by atoms with Gasteiger partial charge >= 0.3 is 0 Å². The first-order valence-electron chi connectivity index (χ1n) is 5.93. The summed E-state index contributed by atoms with van der Waals surface area (Å²) in [6.07, 6.45) is 2.71. The maximum Gasteiger partial charge on any atom is 0.123 e. The van der Waals surface area contributed by atoms with E-state index in [1.807, 2.05) is 0 Å². The lowest BCUT2D eigenvalue weighted by Crippen LogP contribution is -2.03. The van der Waals surface area contributed by atoms with Crippen molar-refractivity contribution in [2.75, 3.05) is 18.9 Å². The van der Waals surface area contributed by atoms with Crippen LogP contribution < -0.4 is 5.73 Å². The van der Waals surface area contributed by atoms with Crippen LogP contribution in [0.1, 0.15) is 18.0 Å². The van der Waals surface area contributed by atoms with Crippen molar-refractivity contribution in [1.82, 2.24) is 9.78 Å². The fourth-order valence-corrected chi connectivity index (χ4v) is 2.19. The number of halogens is 1. The van der Waals surface area contributed by atoms with E-state index >= 15 is 0 Å². The maximum atomic E-state index is 12.9. The van der Waals surface area contributed by atoms with E-state index in [1.165, 1.54) is 12.1 Å². The summed E-state index contributed by atoms with van der Waals surface area (Å²) in [5.41, 5.74) is 8.31. The Morgan fingerprint density at radius 1 is 1.33 bits per heavy atom. The van der Waals surface area contributed by atoms with Crippen LogP contribution in [-0.2, 0) is 4.74 Å². The Morgan fingerprint density at radius 3 is 2.78 bits per heavy atom. The van der Waals surface area contributed by atoms with Crippen molar-refractivity contribution in [3.8, 4) is 5.69 Å². The summed E-state index contributed by atoms with van der Waals surface area (Å²) >= 11 is 0. The number of ether oxygens (including phenoxy) is 1. The van der Waals surface area contributed by atoms with Crippen molar-refractivity contribution in [3.63, 3.8) is 0 Å². The monoisotopic (exact) mass is 247 g/mol. The Bertz CT molecular complexity index is 544. The molecule has 1 aliphatic rings. The van der Waals surface area contributed by atoms with E-state index in [0.717, 1.165) is 24.4 Å². The molecular formula is C13H14FN3O. The molecule has 94 valence electrons. The third-order valence-corrected chi connectivity index (χ3v) is 3.18. The Morgan fingerprint density at radius 2 is 2.11 bits per heavy atom. The third-order valence-electron chi connectivity index (χ3n) is 3.18. The molecule has 4 nitrogen and oxygen atoms in total. The van der Waals surface area contributed by atoms with E-state index in [0.29, 0.717) is 12.3 Å². The zero-order valence-corrected chi connectivity index (χ0v) is 9.84. The number of benzene rings is 1. The number of aromatic nitrogens is 2. The number of nitrogen functional groups attached to an aromatic ring is 1. The molecule has 0 bridgehead atoms. The Hall–Kier alpha value is -1.88. The normalized spacial score (nSPS) is 19.3. The molecule has 0 radical (unpaired) electrons. The lowest BCUT2D eigenvalue weighted by Gasteiger charge is -2.04. The topological polar surface area (TPSA) is 53.1 Å². The molecule has 1 atom stereocenters. The Balaban J connectivity index is 1.94. The van der Waals surface area contributed by atoms with Crippen molar-refractivity contribution in [3.05, 3.63) is 42.0 Å². The van der Waals surface area contributed by atoms with Gasteiger partial charge in [0.05, 0.1) is 29.9 Å². The average Bonchev–Trinajstić information content (AvgIpc) is 2.99. The number of rotatable bonds is 2. The molecule has 0 saturated carbocycles. The molecule has 2 heterocycles. The fraction of sp³-hybridized carbons (Fsp3) is 0.308. The van der Waals surface area contributed by atoms with Gasteiger partial charge in [-0.25, -0.2) is 9.07 Å². The van der Waals surface area contributed by atoms with Crippen LogP contribution in [-0.4, -0.2) is 23.0 Å². The molecule has 0 aliphatic carbocycles. The smallest absolute Gasteiger partial charge is 0.123 e. The molecule has 18 heavy (non-hydrogen) atoms. The average molecular weight is 247 g/mol. The van der Waals surface area contributed by atoms with Crippen LogP contribution in [0.2, 0.25) is 0 Å². The lowest BCUT2D eigenvalue weighted by molar-refractivity contribution is 0.193. The van der Waals surface area contributed by atoms with Gasteiger partial charge in [0.1, 0.15) is 5.82 Å². The first kappa shape index (κ1) is 11.2. The van der Waals surface area contributed by atoms with Crippen LogP contribution in [0.15, 0.2) is 30.5 Å². The predicted octanol–water partition coefficient (Wildman–Crippen LogP) is 2.10. The number of hydrogen-bond acceptors (Lipinski definition) is 3. The second kappa shape index (κ2) is 4.42. The van der Waals surface area contributed by atoms with E-state index < -0.39 is 0 Å². The number of nitrogens with two attached hydrogens (primary N) is 1. The lowest BCUT2D eigenvalue weighted by atomic mass is 10.0. The summed E-state index contributed by atoms with van der Waals surface area (Å²) in [6, 6.07) is 6.17. The minimum absolute atomic E-state index is 0.261. The number of anilines is 1. The second-order valence-corrected chi connectivity index (χ2v) is 4.45. The first-order valence-corrected chi connectivity index (χ1v) is 5.93. The largest absolute Gasteiger partial charge is 0.396 e. The van der Waals surface area contributed by atoms with Crippen LogP contribution in [0.5, 0.6) is 0 Å². The van der Waals surface area contributed by atoms with Crippen LogP contribution in [0, 0.1) is 5.82 Å². The molecule has 1 saturated heterocycles. The highest BCUT2D eigenvalue weighted by atomic mass is 19.1. The van der Waals surface area contributed by atoms with E-state index in [9.17, 15) is 4.39 Å². The van der Waals surface area contributed by atoms with E-state index in [-0.39, 0.29) is 11.7 Å². The number of hydrogen-bond donors (Lipinski definition) is 1. The minimum atomic E-state index is -0.261. The molecule has 3 rings (SSSR count). The maximum absolute atomic E-state index is 12.9. The van der Waals surface area contributed by atoms with Gasteiger partial charge in [-0.2, -0.15) is 5.10 Å². The summed E-state index contributed by atoms with van der Waals surface area (Å²) in [7, 11) is 0. The zero-order chi connectivity index (χ0) is 12.5. The SMILES string of the molecule is Nc1cn(-c2ccc(F)cc2)nc1C1CCOC1. The molecule has 1 unspecified atom stereocenters. The van der Waals surface area contributed by atoms with E-state index in [2.05, 4.69) is 5.10 Å². The van der Waals surface area contributed by atoms with Crippen LogP contribution in [0.25, 0.3) is 5.69 Å². The van der Waals surface area contributed by atoms with E-state index in [1.54, 1.807) is 23.0 Å². The molecule has 2 N–H and O–H groups in total.